The smallest absolute Gasteiger partial charge is 0.345 e. The molecule has 1 aromatic heterocycles. The minimum Gasteiger partial charge on any atom is -0.477 e. The normalized spacial score (nSPS) is 10.1. The lowest BCUT2D eigenvalue weighted by Gasteiger charge is -2.03. The Morgan fingerprint density at radius 1 is 1.25 bits per heavy atom. The molecule has 3 nitrogen and oxygen atoms in total. The molecule has 0 saturated carbocycles. The lowest BCUT2D eigenvalue weighted by molar-refractivity contribution is 0.0702. The van der Waals surface area contributed by atoms with Gasteiger partial charge in [0.15, 0.2) is 5.06 Å². The standard InChI is InChI=1S/C11H7IO3S/c12-7-3-1-2-4-8(7)15-10-6-5-9(16-10)11(13)14/h1-6H,(H,13,14). The molecule has 0 fully saturated rings. The van der Waals surface area contributed by atoms with Crippen LogP contribution in [0.4, 0.5) is 0 Å². The summed E-state index contributed by atoms with van der Waals surface area (Å²) in [6.45, 7) is 0. The maximum Gasteiger partial charge on any atom is 0.345 e. The number of hydrogen-bond donors (Lipinski definition) is 1. The number of carboxylic acids is 1. The van der Waals surface area contributed by atoms with Crippen LogP contribution in [0.3, 0.4) is 0 Å². The number of carboxylic acid groups (broad SMARTS) is 1. The molecule has 82 valence electrons. The SMILES string of the molecule is O=C(O)c1ccc(Oc2ccccc2I)s1. The molecule has 0 unspecified atom stereocenters. The Morgan fingerprint density at radius 3 is 2.62 bits per heavy atom. The van der Waals surface area contributed by atoms with E-state index in [4.69, 9.17) is 9.84 Å². The van der Waals surface area contributed by atoms with Gasteiger partial charge in [0, 0.05) is 0 Å². The average Bonchev–Trinajstić information content (AvgIpc) is 2.70. The van der Waals surface area contributed by atoms with Crippen molar-refractivity contribution in [2.45, 2.75) is 0 Å². The summed E-state index contributed by atoms with van der Waals surface area (Å²) in [5.74, 6) is -0.190. The molecular formula is C11H7IO3S. The predicted molar refractivity (Wildman–Crippen MR) is 70.5 cm³/mol. The Balaban J connectivity index is 2.21. The molecule has 2 rings (SSSR count). The number of aromatic carboxylic acids is 1. The minimum atomic E-state index is -0.928. The summed E-state index contributed by atoms with van der Waals surface area (Å²) in [6, 6.07) is 10.8. The highest BCUT2D eigenvalue weighted by molar-refractivity contribution is 14.1. The van der Waals surface area contributed by atoms with Gasteiger partial charge in [-0.2, -0.15) is 0 Å². The summed E-state index contributed by atoms with van der Waals surface area (Å²) >= 11 is 3.29. The van der Waals surface area contributed by atoms with Crippen molar-refractivity contribution in [1.82, 2.24) is 0 Å². The van der Waals surface area contributed by atoms with Crippen molar-refractivity contribution in [3.05, 3.63) is 44.8 Å². The average molecular weight is 346 g/mol. The first kappa shape index (κ1) is 11.4. The van der Waals surface area contributed by atoms with Crippen LogP contribution in [-0.2, 0) is 0 Å². The van der Waals surface area contributed by atoms with E-state index < -0.39 is 5.97 Å². The lowest BCUT2D eigenvalue weighted by atomic mass is 10.3. The van der Waals surface area contributed by atoms with Crippen molar-refractivity contribution in [2.75, 3.05) is 0 Å². The van der Waals surface area contributed by atoms with Gasteiger partial charge < -0.3 is 9.84 Å². The molecule has 0 aliphatic carbocycles. The van der Waals surface area contributed by atoms with E-state index in [2.05, 4.69) is 22.6 Å². The van der Waals surface area contributed by atoms with Crippen molar-refractivity contribution in [1.29, 1.82) is 0 Å². The fourth-order valence-corrected chi connectivity index (χ4v) is 2.33. The highest BCUT2D eigenvalue weighted by Crippen LogP contribution is 2.31. The van der Waals surface area contributed by atoms with Crippen molar-refractivity contribution in [3.63, 3.8) is 0 Å². The van der Waals surface area contributed by atoms with E-state index in [9.17, 15) is 4.79 Å². The van der Waals surface area contributed by atoms with E-state index in [1.807, 2.05) is 24.3 Å². The maximum atomic E-state index is 10.7. The zero-order valence-corrected chi connectivity index (χ0v) is 11.0. The first-order chi connectivity index (χ1) is 7.66. The van der Waals surface area contributed by atoms with Gasteiger partial charge in [-0.15, -0.1) is 0 Å². The van der Waals surface area contributed by atoms with Gasteiger partial charge in [-0.3, -0.25) is 0 Å². The number of halogens is 1. The van der Waals surface area contributed by atoms with Gasteiger partial charge in [-0.05, 0) is 46.9 Å². The number of hydrogen-bond acceptors (Lipinski definition) is 3. The second kappa shape index (κ2) is 4.84. The minimum absolute atomic E-state index is 0.279. The third-order valence-corrected chi connectivity index (χ3v) is 3.68. The largest absolute Gasteiger partial charge is 0.477 e. The van der Waals surface area contributed by atoms with Gasteiger partial charge in [0.1, 0.15) is 10.6 Å². The van der Waals surface area contributed by atoms with E-state index >= 15 is 0 Å². The van der Waals surface area contributed by atoms with E-state index in [0.717, 1.165) is 20.7 Å². The van der Waals surface area contributed by atoms with E-state index in [1.165, 1.54) is 6.07 Å². The van der Waals surface area contributed by atoms with Crippen LogP contribution in [0.5, 0.6) is 10.8 Å². The Morgan fingerprint density at radius 2 is 2.00 bits per heavy atom. The molecule has 1 aromatic carbocycles. The first-order valence-electron chi connectivity index (χ1n) is 4.42. The summed E-state index contributed by atoms with van der Waals surface area (Å²) in [6.07, 6.45) is 0. The van der Waals surface area contributed by atoms with Gasteiger partial charge >= 0.3 is 5.97 Å². The van der Waals surface area contributed by atoms with E-state index in [-0.39, 0.29) is 4.88 Å². The molecule has 0 atom stereocenters. The number of benzene rings is 1. The molecule has 0 saturated heterocycles. The topological polar surface area (TPSA) is 46.5 Å². The zero-order chi connectivity index (χ0) is 11.5. The predicted octanol–water partition coefficient (Wildman–Crippen LogP) is 3.84. The Hall–Kier alpha value is -1.08. The zero-order valence-electron chi connectivity index (χ0n) is 8.01. The molecule has 2 aromatic rings. The quantitative estimate of drug-likeness (QED) is 0.859. The van der Waals surface area contributed by atoms with Crippen LogP contribution < -0.4 is 4.74 Å². The van der Waals surface area contributed by atoms with Crippen LogP contribution >= 0.6 is 33.9 Å². The first-order valence-corrected chi connectivity index (χ1v) is 6.32. The molecule has 1 N–H and O–H groups in total. The molecule has 0 bridgehead atoms. The van der Waals surface area contributed by atoms with Gasteiger partial charge in [0.2, 0.25) is 0 Å². The molecule has 0 aliphatic rings. The molecule has 0 spiro atoms. The molecule has 0 amide bonds. The van der Waals surface area contributed by atoms with Gasteiger partial charge in [0.05, 0.1) is 3.57 Å². The second-order valence-electron chi connectivity index (χ2n) is 2.96. The van der Waals surface area contributed by atoms with Crippen molar-refractivity contribution < 1.29 is 14.6 Å². The fourth-order valence-electron chi connectivity index (χ4n) is 1.13. The number of thiophene rings is 1. The third-order valence-electron chi connectivity index (χ3n) is 1.84. The van der Waals surface area contributed by atoms with E-state index in [1.54, 1.807) is 6.07 Å². The van der Waals surface area contributed by atoms with Crippen LogP contribution in [0.1, 0.15) is 9.67 Å². The lowest BCUT2D eigenvalue weighted by Crippen LogP contribution is -1.89. The Labute approximate surface area is 110 Å². The summed E-state index contributed by atoms with van der Waals surface area (Å²) in [5, 5.41) is 9.36. The molecule has 0 aliphatic heterocycles. The van der Waals surface area contributed by atoms with Crippen molar-refractivity contribution in [2.24, 2.45) is 0 Å². The number of para-hydroxylation sites is 1. The molecular weight excluding hydrogens is 339 g/mol. The molecule has 5 heteroatoms. The van der Waals surface area contributed by atoms with Gasteiger partial charge in [-0.25, -0.2) is 4.79 Å². The number of ether oxygens (including phenoxy) is 1. The molecule has 0 radical (unpaired) electrons. The highest BCUT2D eigenvalue weighted by Gasteiger charge is 2.09. The van der Waals surface area contributed by atoms with Crippen LogP contribution in [0.2, 0.25) is 0 Å². The summed E-state index contributed by atoms with van der Waals surface area (Å²) < 4.78 is 6.58. The molecule has 16 heavy (non-hydrogen) atoms. The Bertz CT molecular complexity index is 521. The molecule has 1 heterocycles. The van der Waals surface area contributed by atoms with Gasteiger partial charge in [-0.1, -0.05) is 23.5 Å². The van der Waals surface area contributed by atoms with Crippen molar-refractivity contribution in [3.8, 4) is 10.8 Å². The fraction of sp³-hybridized carbons (Fsp3) is 0. The van der Waals surface area contributed by atoms with E-state index in [0.29, 0.717) is 5.06 Å². The van der Waals surface area contributed by atoms with Crippen LogP contribution in [0.25, 0.3) is 0 Å². The van der Waals surface area contributed by atoms with Gasteiger partial charge in [0.25, 0.3) is 0 Å². The third kappa shape index (κ3) is 2.53. The van der Waals surface area contributed by atoms with Crippen molar-refractivity contribution >= 4 is 39.9 Å². The van der Waals surface area contributed by atoms with Crippen LogP contribution in [0.15, 0.2) is 36.4 Å². The summed E-state index contributed by atoms with van der Waals surface area (Å²) in [5.41, 5.74) is 0. The van der Waals surface area contributed by atoms with Crippen LogP contribution in [-0.4, -0.2) is 11.1 Å². The maximum absolute atomic E-state index is 10.7. The van der Waals surface area contributed by atoms with Crippen LogP contribution in [0, 0.1) is 3.57 Å². The highest BCUT2D eigenvalue weighted by atomic mass is 127. The monoisotopic (exact) mass is 346 g/mol. The summed E-state index contributed by atoms with van der Waals surface area (Å²) in [4.78, 5) is 11.0. The Kier molecular flexibility index (Phi) is 3.45. The number of carbonyl (C=O) groups is 1. The number of rotatable bonds is 3. The summed E-state index contributed by atoms with van der Waals surface area (Å²) in [7, 11) is 0. The second-order valence-corrected chi connectivity index (χ2v) is 5.16.